The zero-order chi connectivity index (χ0) is 9.42. The van der Waals surface area contributed by atoms with Crippen LogP contribution in [0.25, 0.3) is 0 Å². The van der Waals surface area contributed by atoms with Crippen molar-refractivity contribution in [2.24, 2.45) is 5.92 Å². The number of aromatic nitrogens is 1. The van der Waals surface area contributed by atoms with Crippen molar-refractivity contribution in [1.82, 2.24) is 4.98 Å². The van der Waals surface area contributed by atoms with Crippen LogP contribution in [0.4, 0.5) is 0 Å². The fourth-order valence-corrected chi connectivity index (χ4v) is 1.49. The van der Waals surface area contributed by atoms with Crippen LogP contribution in [-0.2, 0) is 4.79 Å². The molecule has 0 aromatic carbocycles. The second-order valence-electron chi connectivity index (χ2n) is 3.55. The predicted octanol–water partition coefficient (Wildman–Crippen LogP) is 1.58. The van der Waals surface area contributed by atoms with Crippen molar-refractivity contribution in [3.05, 3.63) is 29.6 Å². The average molecular weight is 177 g/mol. The summed E-state index contributed by atoms with van der Waals surface area (Å²) in [5, 5.41) is 8.71. The summed E-state index contributed by atoms with van der Waals surface area (Å²) >= 11 is 0. The number of rotatable bonds is 2. The molecule has 0 saturated heterocycles. The van der Waals surface area contributed by atoms with Crippen LogP contribution in [0.1, 0.15) is 23.6 Å². The highest BCUT2D eigenvalue weighted by atomic mass is 16.4. The Morgan fingerprint density at radius 3 is 2.85 bits per heavy atom. The molecule has 1 heterocycles. The number of hydrogen-bond acceptors (Lipinski definition) is 2. The van der Waals surface area contributed by atoms with Crippen LogP contribution in [0.15, 0.2) is 18.3 Å². The largest absolute Gasteiger partial charge is 0.481 e. The molecule has 1 fully saturated rings. The monoisotopic (exact) mass is 177 g/mol. The molecule has 2 rings (SSSR count). The van der Waals surface area contributed by atoms with Crippen LogP contribution in [0.2, 0.25) is 0 Å². The van der Waals surface area contributed by atoms with Gasteiger partial charge in [-0.2, -0.15) is 0 Å². The first kappa shape index (κ1) is 8.23. The van der Waals surface area contributed by atoms with Gasteiger partial charge >= 0.3 is 5.97 Å². The Morgan fingerprint density at radius 2 is 2.38 bits per heavy atom. The Labute approximate surface area is 76.4 Å². The van der Waals surface area contributed by atoms with Crippen LogP contribution in [0.5, 0.6) is 0 Å². The molecular formula is C10H11NO2. The lowest BCUT2D eigenvalue weighted by Crippen LogP contribution is -1.99. The van der Waals surface area contributed by atoms with E-state index in [9.17, 15) is 4.79 Å². The highest BCUT2D eigenvalue weighted by Crippen LogP contribution is 2.46. The van der Waals surface area contributed by atoms with E-state index in [1.165, 1.54) is 0 Å². The number of nitrogens with zero attached hydrogens (tertiary/aromatic N) is 1. The highest BCUT2D eigenvalue weighted by Gasteiger charge is 2.44. The van der Waals surface area contributed by atoms with Crippen molar-refractivity contribution in [3.63, 3.8) is 0 Å². The molecule has 1 aliphatic rings. The first-order chi connectivity index (χ1) is 6.18. The van der Waals surface area contributed by atoms with E-state index in [1.54, 1.807) is 6.20 Å². The van der Waals surface area contributed by atoms with Crippen molar-refractivity contribution >= 4 is 5.97 Å². The topological polar surface area (TPSA) is 50.2 Å². The second kappa shape index (κ2) is 2.83. The number of carbonyl (C=O) groups is 1. The molecule has 1 aliphatic carbocycles. The standard InChI is InChI=1S/C10H11NO2/c1-6-2-3-9(11-5-6)7-4-8(7)10(12)13/h2-3,5,7-8H,4H2,1H3,(H,12,13). The van der Waals surface area contributed by atoms with Gasteiger partial charge in [0.2, 0.25) is 0 Å². The maximum Gasteiger partial charge on any atom is 0.307 e. The summed E-state index contributed by atoms with van der Waals surface area (Å²) in [6.07, 6.45) is 2.53. The Kier molecular flexibility index (Phi) is 1.79. The molecule has 0 spiro atoms. The van der Waals surface area contributed by atoms with E-state index in [4.69, 9.17) is 5.11 Å². The van der Waals surface area contributed by atoms with E-state index in [1.807, 2.05) is 19.1 Å². The van der Waals surface area contributed by atoms with Gasteiger partial charge in [-0.05, 0) is 25.0 Å². The molecule has 1 aromatic rings. The number of hydrogen-bond donors (Lipinski definition) is 1. The zero-order valence-corrected chi connectivity index (χ0v) is 7.40. The molecule has 3 nitrogen and oxygen atoms in total. The van der Waals surface area contributed by atoms with E-state index in [2.05, 4.69) is 4.98 Å². The summed E-state index contributed by atoms with van der Waals surface area (Å²) in [7, 11) is 0. The first-order valence-corrected chi connectivity index (χ1v) is 4.34. The van der Waals surface area contributed by atoms with Gasteiger partial charge in [0.05, 0.1) is 5.92 Å². The Balaban J connectivity index is 2.12. The van der Waals surface area contributed by atoms with Gasteiger partial charge in [0.1, 0.15) is 0 Å². The summed E-state index contributed by atoms with van der Waals surface area (Å²) in [4.78, 5) is 14.8. The number of aryl methyl sites for hydroxylation is 1. The fraction of sp³-hybridized carbons (Fsp3) is 0.400. The lowest BCUT2D eigenvalue weighted by molar-refractivity contribution is -0.138. The van der Waals surface area contributed by atoms with E-state index in [0.29, 0.717) is 0 Å². The lowest BCUT2D eigenvalue weighted by Gasteiger charge is -1.97. The van der Waals surface area contributed by atoms with Gasteiger partial charge in [-0.3, -0.25) is 9.78 Å². The van der Waals surface area contributed by atoms with Crippen molar-refractivity contribution in [3.8, 4) is 0 Å². The normalized spacial score (nSPS) is 25.6. The molecular weight excluding hydrogens is 166 g/mol. The minimum Gasteiger partial charge on any atom is -0.481 e. The third-order valence-corrected chi connectivity index (χ3v) is 2.42. The maximum absolute atomic E-state index is 10.6. The molecule has 0 bridgehead atoms. The first-order valence-electron chi connectivity index (χ1n) is 4.34. The molecule has 1 aromatic heterocycles. The van der Waals surface area contributed by atoms with Crippen molar-refractivity contribution < 1.29 is 9.90 Å². The predicted molar refractivity (Wildman–Crippen MR) is 47.5 cm³/mol. The van der Waals surface area contributed by atoms with E-state index >= 15 is 0 Å². The van der Waals surface area contributed by atoms with Crippen LogP contribution in [-0.4, -0.2) is 16.1 Å². The SMILES string of the molecule is Cc1ccc(C2CC2C(=O)O)nc1. The maximum atomic E-state index is 10.6. The third kappa shape index (κ3) is 1.54. The molecule has 0 amide bonds. The number of aliphatic carboxylic acids is 1. The summed E-state index contributed by atoms with van der Waals surface area (Å²) in [5.74, 6) is -0.749. The zero-order valence-electron chi connectivity index (χ0n) is 7.40. The molecule has 3 heteroatoms. The Morgan fingerprint density at radius 1 is 1.62 bits per heavy atom. The van der Waals surface area contributed by atoms with E-state index in [0.717, 1.165) is 17.7 Å². The quantitative estimate of drug-likeness (QED) is 0.746. The molecule has 13 heavy (non-hydrogen) atoms. The smallest absolute Gasteiger partial charge is 0.307 e. The lowest BCUT2D eigenvalue weighted by atomic mass is 10.2. The van der Waals surface area contributed by atoms with Crippen LogP contribution >= 0.6 is 0 Å². The molecule has 0 aliphatic heterocycles. The number of pyridine rings is 1. The Hall–Kier alpha value is -1.38. The van der Waals surface area contributed by atoms with Crippen LogP contribution in [0, 0.1) is 12.8 Å². The van der Waals surface area contributed by atoms with Crippen molar-refractivity contribution in [2.45, 2.75) is 19.3 Å². The second-order valence-corrected chi connectivity index (χ2v) is 3.55. The van der Waals surface area contributed by atoms with Crippen LogP contribution < -0.4 is 0 Å². The van der Waals surface area contributed by atoms with Gasteiger partial charge in [0, 0.05) is 17.8 Å². The summed E-state index contributed by atoms with van der Waals surface area (Å²) in [6, 6.07) is 3.89. The van der Waals surface area contributed by atoms with Gasteiger partial charge in [-0.15, -0.1) is 0 Å². The Bertz CT molecular complexity index is 331. The van der Waals surface area contributed by atoms with Gasteiger partial charge in [-0.25, -0.2) is 0 Å². The summed E-state index contributed by atoms with van der Waals surface area (Å²) in [5.41, 5.74) is 2.02. The fourth-order valence-electron chi connectivity index (χ4n) is 1.49. The molecule has 68 valence electrons. The van der Waals surface area contributed by atoms with Gasteiger partial charge in [-0.1, -0.05) is 6.07 Å². The van der Waals surface area contributed by atoms with Crippen molar-refractivity contribution in [1.29, 1.82) is 0 Å². The molecule has 1 N–H and O–H groups in total. The number of carboxylic acids is 1. The van der Waals surface area contributed by atoms with Gasteiger partial charge < -0.3 is 5.11 Å². The molecule has 2 atom stereocenters. The highest BCUT2D eigenvalue weighted by molar-refractivity contribution is 5.75. The minimum atomic E-state index is -0.702. The minimum absolute atomic E-state index is 0.151. The summed E-state index contributed by atoms with van der Waals surface area (Å²) < 4.78 is 0. The van der Waals surface area contributed by atoms with Gasteiger partial charge in [0.15, 0.2) is 0 Å². The van der Waals surface area contributed by atoms with Gasteiger partial charge in [0.25, 0.3) is 0 Å². The molecule has 1 saturated carbocycles. The van der Waals surface area contributed by atoms with E-state index < -0.39 is 5.97 Å². The third-order valence-electron chi connectivity index (χ3n) is 2.42. The molecule has 0 radical (unpaired) electrons. The molecule has 2 unspecified atom stereocenters. The van der Waals surface area contributed by atoms with Crippen molar-refractivity contribution in [2.75, 3.05) is 0 Å². The number of carboxylic acid groups (broad SMARTS) is 1. The van der Waals surface area contributed by atoms with Crippen LogP contribution in [0.3, 0.4) is 0 Å². The van der Waals surface area contributed by atoms with E-state index in [-0.39, 0.29) is 11.8 Å². The summed E-state index contributed by atoms with van der Waals surface area (Å²) in [6.45, 7) is 1.97. The average Bonchev–Trinajstić information content (AvgIpc) is 2.85.